The summed E-state index contributed by atoms with van der Waals surface area (Å²) in [5.74, 6) is -0.136. The molecule has 122 valence electrons. The second-order valence-corrected chi connectivity index (χ2v) is 6.02. The Morgan fingerprint density at radius 2 is 2.04 bits per heavy atom. The molecule has 1 aromatic carbocycles. The van der Waals surface area contributed by atoms with Gasteiger partial charge in [0.25, 0.3) is 0 Å². The first kappa shape index (κ1) is 17.6. The van der Waals surface area contributed by atoms with E-state index in [0.717, 1.165) is 12.0 Å². The normalized spacial score (nSPS) is 10.6. The highest BCUT2D eigenvalue weighted by Gasteiger charge is 2.19. The summed E-state index contributed by atoms with van der Waals surface area (Å²) in [5.41, 5.74) is 7.38. The topological polar surface area (TPSA) is 57.2 Å². The van der Waals surface area contributed by atoms with E-state index in [9.17, 15) is 4.79 Å². The highest BCUT2D eigenvalue weighted by Crippen LogP contribution is 2.33. The SMILES string of the molecule is C=C(C)OC(=O)c1cn(CCCN)cc1-c1ccc(Cl)cc1Cl. The van der Waals surface area contributed by atoms with Gasteiger partial charge in [0.2, 0.25) is 0 Å². The molecule has 0 spiro atoms. The second kappa shape index (κ2) is 7.68. The van der Waals surface area contributed by atoms with Crippen LogP contribution in [0.5, 0.6) is 0 Å². The Hall–Kier alpha value is -1.75. The number of esters is 1. The number of hydrogen-bond acceptors (Lipinski definition) is 3. The van der Waals surface area contributed by atoms with Gasteiger partial charge >= 0.3 is 5.97 Å². The molecule has 0 atom stereocenters. The summed E-state index contributed by atoms with van der Waals surface area (Å²) in [7, 11) is 0. The molecule has 2 rings (SSSR count). The predicted molar refractivity (Wildman–Crippen MR) is 93.8 cm³/mol. The van der Waals surface area contributed by atoms with Gasteiger partial charge in [0.15, 0.2) is 0 Å². The summed E-state index contributed by atoms with van der Waals surface area (Å²) in [6.07, 6.45) is 4.40. The molecular formula is C17H18Cl2N2O2. The van der Waals surface area contributed by atoms with Gasteiger partial charge in [-0.1, -0.05) is 35.8 Å². The van der Waals surface area contributed by atoms with Crippen LogP contribution in [0.4, 0.5) is 0 Å². The Kier molecular flexibility index (Phi) is 5.88. The molecule has 2 aromatic rings. The Bertz CT molecular complexity index is 738. The van der Waals surface area contributed by atoms with Crippen LogP contribution < -0.4 is 5.73 Å². The maximum Gasteiger partial charge on any atom is 0.345 e. The second-order valence-electron chi connectivity index (χ2n) is 5.18. The lowest BCUT2D eigenvalue weighted by molar-refractivity contribution is 0.0628. The number of aromatic nitrogens is 1. The molecule has 0 fully saturated rings. The van der Waals surface area contributed by atoms with Gasteiger partial charge in [-0.2, -0.15) is 0 Å². The molecule has 4 nitrogen and oxygen atoms in total. The monoisotopic (exact) mass is 352 g/mol. The maximum atomic E-state index is 12.3. The van der Waals surface area contributed by atoms with E-state index in [4.69, 9.17) is 33.7 Å². The van der Waals surface area contributed by atoms with E-state index in [1.54, 1.807) is 31.3 Å². The fourth-order valence-corrected chi connectivity index (χ4v) is 2.72. The molecule has 0 aliphatic rings. The van der Waals surface area contributed by atoms with Gasteiger partial charge in [-0.3, -0.25) is 0 Å². The largest absolute Gasteiger partial charge is 0.428 e. The number of halogens is 2. The first-order chi connectivity index (χ1) is 10.9. The standard InChI is InChI=1S/C17H18Cl2N2O2/c1-11(2)23-17(22)15-10-21(7-3-6-20)9-14(15)13-5-4-12(18)8-16(13)19/h4-5,8-10H,1,3,6-7,20H2,2H3. The van der Waals surface area contributed by atoms with Crippen molar-refractivity contribution in [3.05, 3.63) is 58.5 Å². The number of carbonyl (C=O) groups excluding carboxylic acids is 1. The van der Waals surface area contributed by atoms with Crippen molar-refractivity contribution in [2.75, 3.05) is 6.54 Å². The molecule has 0 saturated heterocycles. The lowest BCUT2D eigenvalue weighted by Gasteiger charge is -2.06. The molecule has 1 heterocycles. The molecule has 23 heavy (non-hydrogen) atoms. The molecule has 0 bridgehead atoms. The Morgan fingerprint density at radius 3 is 2.65 bits per heavy atom. The van der Waals surface area contributed by atoms with Crippen molar-refractivity contribution >= 4 is 29.2 Å². The van der Waals surface area contributed by atoms with Gasteiger partial charge in [0.1, 0.15) is 0 Å². The van der Waals surface area contributed by atoms with Crippen molar-refractivity contribution in [1.82, 2.24) is 4.57 Å². The first-order valence-electron chi connectivity index (χ1n) is 7.15. The average Bonchev–Trinajstić information content (AvgIpc) is 2.88. The summed E-state index contributed by atoms with van der Waals surface area (Å²) in [6, 6.07) is 5.15. The summed E-state index contributed by atoms with van der Waals surface area (Å²) in [5, 5.41) is 1.01. The lowest BCUT2D eigenvalue weighted by Crippen LogP contribution is -2.05. The van der Waals surface area contributed by atoms with Crippen molar-refractivity contribution in [2.24, 2.45) is 5.73 Å². The number of aryl methyl sites for hydroxylation is 1. The molecule has 0 radical (unpaired) electrons. The zero-order valence-electron chi connectivity index (χ0n) is 12.8. The van der Waals surface area contributed by atoms with Crippen molar-refractivity contribution in [3.8, 4) is 11.1 Å². The predicted octanol–water partition coefficient (Wildman–Crippen LogP) is 4.50. The average molecular weight is 353 g/mol. The molecule has 0 unspecified atom stereocenters. The van der Waals surface area contributed by atoms with Crippen LogP contribution in [0.15, 0.2) is 42.9 Å². The minimum absolute atomic E-state index is 0.331. The minimum Gasteiger partial charge on any atom is -0.428 e. The molecule has 6 heteroatoms. The quantitative estimate of drug-likeness (QED) is 0.614. The molecule has 0 saturated carbocycles. The zero-order chi connectivity index (χ0) is 17.0. The van der Waals surface area contributed by atoms with Gasteiger partial charge in [0, 0.05) is 40.1 Å². The molecule has 0 amide bonds. The molecule has 2 N–H and O–H groups in total. The smallest absolute Gasteiger partial charge is 0.345 e. The number of nitrogens with two attached hydrogens (primary N) is 1. The van der Waals surface area contributed by atoms with Gasteiger partial charge in [-0.05, 0) is 32.0 Å². The van der Waals surface area contributed by atoms with Crippen molar-refractivity contribution in [1.29, 1.82) is 0 Å². The van der Waals surface area contributed by atoms with E-state index in [1.165, 1.54) is 0 Å². The number of rotatable bonds is 6. The fraction of sp³-hybridized carbons (Fsp3) is 0.235. The Labute approximate surface area is 145 Å². The lowest BCUT2D eigenvalue weighted by atomic mass is 10.0. The summed E-state index contributed by atoms with van der Waals surface area (Å²) in [4.78, 5) is 12.3. The van der Waals surface area contributed by atoms with E-state index in [-0.39, 0.29) is 0 Å². The number of ether oxygens (including phenoxy) is 1. The van der Waals surface area contributed by atoms with Crippen molar-refractivity contribution in [3.63, 3.8) is 0 Å². The zero-order valence-corrected chi connectivity index (χ0v) is 14.3. The molecule has 0 aliphatic heterocycles. The number of allylic oxidation sites excluding steroid dienone is 1. The third-order valence-electron chi connectivity index (χ3n) is 3.21. The van der Waals surface area contributed by atoms with Crippen molar-refractivity contribution < 1.29 is 9.53 Å². The highest BCUT2D eigenvalue weighted by molar-refractivity contribution is 6.36. The maximum absolute atomic E-state index is 12.3. The Balaban J connectivity index is 2.48. The van der Waals surface area contributed by atoms with Gasteiger partial charge in [-0.15, -0.1) is 0 Å². The van der Waals surface area contributed by atoms with Crippen LogP contribution in [-0.2, 0) is 11.3 Å². The molecule has 1 aromatic heterocycles. The van der Waals surface area contributed by atoms with Crippen molar-refractivity contribution in [2.45, 2.75) is 19.9 Å². The van der Waals surface area contributed by atoms with Crippen LogP contribution in [-0.4, -0.2) is 17.1 Å². The van der Waals surface area contributed by atoms with E-state index in [1.807, 2.05) is 10.8 Å². The molecule has 0 aliphatic carbocycles. The third-order valence-corrected chi connectivity index (χ3v) is 3.76. The molecular weight excluding hydrogens is 335 g/mol. The van der Waals surface area contributed by atoms with Gasteiger partial charge < -0.3 is 15.0 Å². The van der Waals surface area contributed by atoms with Crippen LogP contribution >= 0.6 is 23.2 Å². The van der Waals surface area contributed by atoms with Gasteiger partial charge in [-0.25, -0.2) is 4.79 Å². The van der Waals surface area contributed by atoms with E-state index >= 15 is 0 Å². The van der Waals surface area contributed by atoms with E-state index in [2.05, 4.69) is 6.58 Å². The summed E-state index contributed by atoms with van der Waals surface area (Å²) < 4.78 is 7.04. The number of carbonyl (C=O) groups is 1. The minimum atomic E-state index is -0.468. The van der Waals surface area contributed by atoms with E-state index < -0.39 is 5.97 Å². The number of hydrogen-bond donors (Lipinski definition) is 1. The first-order valence-corrected chi connectivity index (χ1v) is 7.91. The van der Waals surface area contributed by atoms with Crippen LogP contribution in [0.3, 0.4) is 0 Å². The summed E-state index contributed by atoms with van der Waals surface area (Å²) in [6.45, 7) is 6.50. The van der Waals surface area contributed by atoms with Crippen LogP contribution in [0, 0.1) is 0 Å². The van der Waals surface area contributed by atoms with Crippen LogP contribution in [0.25, 0.3) is 11.1 Å². The fourth-order valence-electron chi connectivity index (χ4n) is 2.21. The number of nitrogens with zero attached hydrogens (tertiary/aromatic N) is 1. The van der Waals surface area contributed by atoms with Gasteiger partial charge in [0.05, 0.1) is 11.3 Å². The van der Waals surface area contributed by atoms with Crippen LogP contribution in [0.1, 0.15) is 23.7 Å². The summed E-state index contributed by atoms with van der Waals surface area (Å²) >= 11 is 12.2. The third kappa shape index (κ3) is 4.38. The van der Waals surface area contributed by atoms with Crippen LogP contribution in [0.2, 0.25) is 10.0 Å². The highest BCUT2D eigenvalue weighted by atomic mass is 35.5. The van der Waals surface area contributed by atoms with E-state index in [0.29, 0.717) is 40.0 Å². The number of benzene rings is 1. The Morgan fingerprint density at radius 1 is 1.30 bits per heavy atom.